The Bertz CT molecular complexity index is 786. The van der Waals surface area contributed by atoms with Crippen molar-refractivity contribution >= 4 is 5.91 Å². The fraction of sp³-hybridized carbons (Fsp3) is 0.500. The van der Waals surface area contributed by atoms with Gasteiger partial charge in [0.25, 0.3) is 0 Å². The summed E-state index contributed by atoms with van der Waals surface area (Å²) >= 11 is 0. The van der Waals surface area contributed by atoms with Crippen LogP contribution >= 0.6 is 0 Å². The number of hydrazine groups is 1. The third-order valence-electron chi connectivity index (χ3n) is 5.22. The van der Waals surface area contributed by atoms with Crippen LogP contribution in [0.1, 0.15) is 42.2 Å². The zero-order valence-electron chi connectivity index (χ0n) is 14.7. The van der Waals surface area contributed by atoms with Crippen LogP contribution in [0.5, 0.6) is 0 Å². The van der Waals surface area contributed by atoms with Crippen LogP contribution in [0.2, 0.25) is 0 Å². The van der Waals surface area contributed by atoms with Crippen molar-refractivity contribution in [3.63, 3.8) is 0 Å². The summed E-state index contributed by atoms with van der Waals surface area (Å²) in [5, 5.41) is 8.46. The molecule has 2 aromatic rings. The zero-order valence-corrected chi connectivity index (χ0v) is 14.7. The molecule has 0 spiro atoms. The number of nitrogens with one attached hydrogen (secondary N) is 2. The minimum atomic E-state index is -0.204. The molecule has 1 aromatic carbocycles. The number of fused-ring (bicyclic) bond motifs is 1. The normalized spacial score (nSPS) is 22.9. The monoisotopic (exact) mass is 340 g/mol. The highest BCUT2D eigenvalue weighted by molar-refractivity contribution is 5.82. The highest BCUT2D eigenvalue weighted by Gasteiger charge is 2.35. The molecule has 1 amide bonds. The lowest BCUT2D eigenvalue weighted by Crippen LogP contribution is -2.48. The Kier molecular flexibility index (Phi) is 4.27. The molecule has 1 fully saturated rings. The SMILES string of the molecule is CCc1nnc2n1CCN(C(=O)C1CC(c3ccccc3C)NN1)C2. The van der Waals surface area contributed by atoms with Gasteiger partial charge in [0.15, 0.2) is 5.82 Å². The molecule has 1 saturated heterocycles. The standard InChI is InChI=1S/C18H24N6O/c1-3-16-21-22-17-11-23(8-9-24(16)17)18(25)15-10-14(19-20-15)13-7-5-4-6-12(13)2/h4-7,14-15,19-20H,3,8-11H2,1-2H3. The number of benzene rings is 1. The largest absolute Gasteiger partial charge is 0.332 e. The summed E-state index contributed by atoms with van der Waals surface area (Å²) in [7, 11) is 0. The highest BCUT2D eigenvalue weighted by atomic mass is 16.2. The van der Waals surface area contributed by atoms with Crippen molar-refractivity contribution in [2.45, 2.75) is 51.9 Å². The Morgan fingerprint density at radius 3 is 2.88 bits per heavy atom. The summed E-state index contributed by atoms with van der Waals surface area (Å²) in [6, 6.07) is 8.27. The molecule has 2 aliphatic rings. The Morgan fingerprint density at radius 2 is 2.08 bits per heavy atom. The Hall–Kier alpha value is -2.25. The first-order valence-corrected chi connectivity index (χ1v) is 8.93. The Balaban J connectivity index is 1.43. The van der Waals surface area contributed by atoms with Crippen molar-refractivity contribution in [1.82, 2.24) is 30.5 Å². The number of hydrogen-bond donors (Lipinski definition) is 2. The van der Waals surface area contributed by atoms with E-state index < -0.39 is 0 Å². The molecule has 0 saturated carbocycles. The van der Waals surface area contributed by atoms with Gasteiger partial charge >= 0.3 is 0 Å². The molecule has 2 unspecified atom stereocenters. The molecule has 0 aliphatic carbocycles. The van der Waals surface area contributed by atoms with E-state index in [-0.39, 0.29) is 18.0 Å². The average molecular weight is 340 g/mol. The molecule has 3 heterocycles. The van der Waals surface area contributed by atoms with Gasteiger partial charge in [0.1, 0.15) is 11.9 Å². The van der Waals surface area contributed by atoms with Gasteiger partial charge in [-0.2, -0.15) is 0 Å². The summed E-state index contributed by atoms with van der Waals surface area (Å²) in [6.07, 6.45) is 1.63. The van der Waals surface area contributed by atoms with Crippen LogP contribution in [-0.4, -0.2) is 38.2 Å². The van der Waals surface area contributed by atoms with Gasteiger partial charge in [-0.05, 0) is 24.5 Å². The first-order chi connectivity index (χ1) is 12.2. The molecular weight excluding hydrogens is 316 g/mol. The second kappa shape index (κ2) is 6.57. The second-order valence-electron chi connectivity index (χ2n) is 6.78. The van der Waals surface area contributed by atoms with Crippen LogP contribution < -0.4 is 10.9 Å². The van der Waals surface area contributed by atoms with Crippen LogP contribution in [0.15, 0.2) is 24.3 Å². The van der Waals surface area contributed by atoms with Crippen molar-refractivity contribution in [2.24, 2.45) is 0 Å². The predicted octanol–water partition coefficient (Wildman–Crippen LogP) is 1.10. The number of rotatable bonds is 3. The van der Waals surface area contributed by atoms with Crippen LogP contribution in [-0.2, 0) is 24.3 Å². The molecule has 25 heavy (non-hydrogen) atoms. The van der Waals surface area contributed by atoms with E-state index in [1.165, 1.54) is 11.1 Å². The summed E-state index contributed by atoms with van der Waals surface area (Å²) in [5.74, 6) is 2.02. The lowest BCUT2D eigenvalue weighted by atomic mass is 9.97. The van der Waals surface area contributed by atoms with E-state index in [1.807, 2.05) is 17.0 Å². The third-order valence-corrected chi connectivity index (χ3v) is 5.22. The molecule has 0 bridgehead atoms. The predicted molar refractivity (Wildman–Crippen MR) is 93.4 cm³/mol. The summed E-state index contributed by atoms with van der Waals surface area (Å²) in [4.78, 5) is 14.8. The number of hydrogen-bond acceptors (Lipinski definition) is 5. The molecule has 132 valence electrons. The fourth-order valence-electron chi connectivity index (χ4n) is 3.79. The first-order valence-electron chi connectivity index (χ1n) is 8.93. The van der Waals surface area contributed by atoms with E-state index in [4.69, 9.17) is 0 Å². The summed E-state index contributed by atoms with van der Waals surface area (Å²) < 4.78 is 2.14. The second-order valence-corrected chi connectivity index (χ2v) is 6.78. The third kappa shape index (κ3) is 2.94. The van der Waals surface area contributed by atoms with Crippen molar-refractivity contribution in [1.29, 1.82) is 0 Å². The molecule has 2 aliphatic heterocycles. The maximum atomic E-state index is 12.9. The van der Waals surface area contributed by atoms with Crippen LogP contribution in [0.25, 0.3) is 0 Å². The molecule has 4 rings (SSSR count). The smallest absolute Gasteiger partial charge is 0.241 e. The van der Waals surface area contributed by atoms with Gasteiger partial charge in [0.05, 0.1) is 6.54 Å². The van der Waals surface area contributed by atoms with Crippen molar-refractivity contribution < 1.29 is 4.79 Å². The van der Waals surface area contributed by atoms with Gasteiger partial charge in [-0.3, -0.25) is 4.79 Å². The van der Waals surface area contributed by atoms with E-state index in [2.05, 4.69) is 51.6 Å². The average Bonchev–Trinajstić information content (AvgIpc) is 3.28. The van der Waals surface area contributed by atoms with Crippen molar-refractivity contribution in [3.8, 4) is 0 Å². The lowest BCUT2D eigenvalue weighted by molar-refractivity contribution is -0.134. The maximum absolute atomic E-state index is 12.9. The van der Waals surface area contributed by atoms with E-state index in [1.54, 1.807) is 0 Å². The van der Waals surface area contributed by atoms with E-state index in [0.29, 0.717) is 13.1 Å². The molecule has 2 atom stereocenters. The van der Waals surface area contributed by atoms with Crippen molar-refractivity contribution in [3.05, 3.63) is 47.0 Å². The summed E-state index contributed by atoms with van der Waals surface area (Å²) in [5.41, 5.74) is 8.96. The quantitative estimate of drug-likeness (QED) is 0.875. The molecular formula is C18H24N6O. The Labute approximate surface area is 147 Å². The Morgan fingerprint density at radius 1 is 1.24 bits per heavy atom. The van der Waals surface area contributed by atoms with Gasteiger partial charge in [0.2, 0.25) is 5.91 Å². The topological polar surface area (TPSA) is 75.1 Å². The number of carbonyl (C=O) groups is 1. The summed E-state index contributed by atoms with van der Waals surface area (Å²) in [6.45, 7) is 6.21. The molecule has 1 aromatic heterocycles. The number of amides is 1. The molecule has 2 N–H and O–H groups in total. The zero-order chi connectivity index (χ0) is 17.4. The minimum absolute atomic E-state index is 0.135. The number of aryl methyl sites for hydroxylation is 2. The van der Waals surface area contributed by atoms with Gasteiger partial charge in [-0.1, -0.05) is 31.2 Å². The lowest BCUT2D eigenvalue weighted by Gasteiger charge is -2.29. The number of nitrogens with zero attached hydrogens (tertiary/aromatic N) is 4. The van der Waals surface area contributed by atoms with Crippen molar-refractivity contribution in [2.75, 3.05) is 6.54 Å². The maximum Gasteiger partial charge on any atom is 0.241 e. The van der Waals surface area contributed by atoms with Gasteiger partial charge in [-0.25, -0.2) is 10.9 Å². The minimum Gasteiger partial charge on any atom is -0.332 e. The van der Waals surface area contributed by atoms with Crippen LogP contribution in [0.3, 0.4) is 0 Å². The number of aromatic nitrogens is 3. The number of carbonyl (C=O) groups excluding carboxylic acids is 1. The molecule has 7 heteroatoms. The molecule has 0 radical (unpaired) electrons. The highest BCUT2D eigenvalue weighted by Crippen LogP contribution is 2.26. The molecule has 7 nitrogen and oxygen atoms in total. The van der Waals surface area contributed by atoms with E-state index in [9.17, 15) is 4.79 Å². The van der Waals surface area contributed by atoms with Gasteiger partial charge in [0, 0.05) is 25.6 Å². The van der Waals surface area contributed by atoms with E-state index >= 15 is 0 Å². The first kappa shape index (κ1) is 16.2. The van der Waals surface area contributed by atoms with Gasteiger partial charge < -0.3 is 9.47 Å². The fourth-order valence-corrected chi connectivity index (χ4v) is 3.79. The van der Waals surface area contributed by atoms with Crippen LogP contribution in [0, 0.1) is 6.92 Å². The van der Waals surface area contributed by atoms with Crippen LogP contribution in [0.4, 0.5) is 0 Å². The van der Waals surface area contributed by atoms with Gasteiger partial charge in [-0.15, -0.1) is 10.2 Å². The van der Waals surface area contributed by atoms with E-state index in [0.717, 1.165) is 31.0 Å².